The number of hydrazone groups is 1. The van der Waals surface area contributed by atoms with Crippen molar-refractivity contribution in [3.63, 3.8) is 0 Å². The number of benzene rings is 1. The number of carbonyl (C=O) groups excluding carboxylic acids is 1. The second kappa shape index (κ2) is 9.08. The monoisotopic (exact) mass is 379 g/mol. The summed E-state index contributed by atoms with van der Waals surface area (Å²) in [4.78, 5) is 24.2. The van der Waals surface area contributed by atoms with Crippen molar-refractivity contribution in [2.75, 3.05) is 14.2 Å². The van der Waals surface area contributed by atoms with Crippen molar-refractivity contribution < 1.29 is 19.0 Å². The quantitative estimate of drug-likeness (QED) is 0.496. The second-order valence-corrected chi connectivity index (χ2v) is 5.29. The van der Waals surface area contributed by atoms with E-state index in [2.05, 4.69) is 25.5 Å². The van der Waals surface area contributed by atoms with Crippen molar-refractivity contribution in [2.24, 2.45) is 5.10 Å². The molecule has 0 atom stereocenters. The van der Waals surface area contributed by atoms with E-state index in [0.29, 0.717) is 23.1 Å². The topological polar surface area (TPSA) is 108 Å². The molecule has 1 aromatic carbocycles. The van der Waals surface area contributed by atoms with Gasteiger partial charge in [-0.2, -0.15) is 15.1 Å². The summed E-state index contributed by atoms with van der Waals surface area (Å²) in [6, 6.07) is 13.7. The van der Waals surface area contributed by atoms with E-state index in [4.69, 9.17) is 14.2 Å². The van der Waals surface area contributed by atoms with Gasteiger partial charge < -0.3 is 14.2 Å². The first kappa shape index (κ1) is 18.8. The lowest BCUT2D eigenvalue weighted by atomic mass is 10.2. The van der Waals surface area contributed by atoms with Crippen LogP contribution in [0.25, 0.3) is 0 Å². The zero-order valence-corrected chi connectivity index (χ0v) is 15.2. The van der Waals surface area contributed by atoms with E-state index in [1.807, 2.05) is 6.07 Å². The molecule has 3 rings (SSSR count). The number of nitrogens with one attached hydrogen (secondary N) is 1. The highest BCUT2D eigenvalue weighted by molar-refractivity contribution is 5.93. The van der Waals surface area contributed by atoms with Gasteiger partial charge >= 0.3 is 6.01 Å². The summed E-state index contributed by atoms with van der Waals surface area (Å²) >= 11 is 0. The van der Waals surface area contributed by atoms with Gasteiger partial charge in [0, 0.05) is 11.8 Å². The highest BCUT2D eigenvalue weighted by atomic mass is 16.5. The molecule has 0 bridgehead atoms. The van der Waals surface area contributed by atoms with Gasteiger partial charge in [0.2, 0.25) is 11.8 Å². The highest BCUT2D eigenvalue weighted by Crippen LogP contribution is 2.25. The Bertz CT molecular complexity index is 957. The second-order valence-electron chi connectivity index (χ2n) is 5.29. The summed E-state index contributed by atoms with van der Waals surface area (Å²) in [7, 11) is 2.97. The van der Waals surface area contributed by atoms with E-state index < -0.39 is 5.91 Å². The van der Waals surface area contributed by atoms with Crippen molar-refractivity contribution in [1.29, 1.82) is 0 Å². The predicted molar refractivity (Wildman–Crippen MR) is 101 cm³/mol. The van der Waals surface area contributed by atoms with Gasteiger partial charge in [0.25, 0.3) is 5.91 Å². The Kier molecular flexibility index (Phi) is 6.09. The number of methoxy groups -OCH3 is 2. The third-order valence-electron chi connectivity index (χ3n) is 3.46. The number of amides is 1. The van der Waals surface area contributed by atoms with Crippen molar-refractivity contribution in [2.45, 2.75) is 0 Å². The van der Waals surface area contributed by atoms with Gasteiger partial charge in [0.15, 0.2) is 0 Å². The lowest BCUT2D eigenvalue weighted by Gasteiger charge is -2.09. The molecule has 142 valence electrons. The zero-order chi connectivity index (χ0) is 19.8. The first-order valence-electron chi connectivity index (χ1n) is 8.18. The Hall–Kier alpha value is -4.01. The Morgan fingerprint density at radius 1 is 1.04 bits per heavy atom. The van der Waals surface area contributed by atoms with Crippen LogP contribution < -0.4 is 19.6 Å². The molecule has 0 saturated carbocycles. The van der Waals surface area contributed by atoms with Gasteiger partial charge in [-0.1, -0.05) is 18.2 Å². The van der Waals surface area contributed by atoms with E-state index in [1.54, 1.807) is 36.4 Å². The molecule has 1 N–H and O–H groups in total. The molecule has 0 aliphatic rings. The molecule has 0 unspecified atom stereocenters. The Balaban J connectivity index is 1.75. The summed E-state index contributed by atoms with van der Waals surface area (Å²) < 4.78 is 16.0. The third-order valence-corrected chi connectivity index (χ3v) is 3.46. The summed E-state index contributed by atoms with van der Waals surface area (Å²) in [6.07, 6.45) is 2.98. The fraction of sp³-hybridized carbons (Fsp3) is 0.105. The molecule has 3 aromatic rings. The van der Waals surface area contributed by atoms with Crippen LogP contribution in [-0.4, -0.2) is 41.3 Å². The third kappa shape index (κ3) is 4.79. The van der Waals surface area contributed by atoms with Crippen LogP contribution in [0.15, 0.2) is 59.8 Å². The minimum Gasteiger partial charge on any atom is -0.481 e. The summed E-state index contributed by atoms with van der Waals surface area (Å²) in [5, 5.41) is 3.95. The molecule has 2 aromatic heterocycles. The van der Waals surface area contributed by atoms with Crippen LogP contribution in [0.5, 0.6) is 23.5 Å². The number of pyridine rings is 1. The Morgan fingerprint density at radius 2 is 1.75 bits per heavy atom. The largest absolute Gasteiger partial charge is 0.481 e. The van der Waals surface area contributed by atoms with Crippen LogP contribution in [-0.2, 0) is 0 Å². The molecule has 0 aliphatic carbocycles. The number of carbonyl (C=O) groups is 1. The predicted octanol–water partition coefficient (Wildman–Crippen LogP) is 2.45. The van der Waals surface area contributed by atoms with E-state index in [1.165, 1.54) is 32.7 Å². The van der Waals surface area contributed by atoms with Gasteiger partial charge in [-0.05, 0) is 24.3 Å². The molecule has 28 heavy (non-hydrogen) atoms. The number of hydrogen-bond acceptors (Lipinski definition) is 8. The molecular weight excluding hydrogens is 362 g/mol. The number of aromatic nitrogens is 3. The van der Waals surface area contributed by atoms with Crippen LogP contribution in [0.1, 0.15) is 16.1 Å². The number of nitrogens with zero attached hydrogens (tertiary/aromatic N) is 4. The van der Waals surface area contributed by atoms with Gasteiger partial charge in [-0.15, -0.1) is 0 Å². The lowest BCUT2D eigenvalue weighted by molar-refractivity contribution is 0.0950. The Morgan fingerprint density at radius 3 is 2.43 bits per heavy atom. The maximum Gasteiger partial charge on any atom is 0.328 e. The molecule has 0 fully saturated rings. The van der Waals surface area contributed by atoms with Gasteiger partial charge in [-0.25, -0.2) is 5.43 Å². The van der Waals surface area contributed by atoms with Crippen molar-refractivity contribution in [3.05, 3.63) is 66.0 Å². The van der Waals surface area contributed by atoms with E-state index in [-0.39, 0.29) is 11.7 Å². The van der Waals surface area contributed by atoms with Crippen LogP contribution >= 0.6 is 0 Å². The average Bonchev–Trinajstić information content (AvgIpc) is 2.75. The van der Waals surface area contributed by atoms with Crippen LogP contribution in [0.2, 0.25) is 0 Å². The fourth-order valence-electron chi connectivity index (χ4n) is 2.13. The average molecular weight is 379 g/mol. The normalized spacial score (nSPS) is 10.5. The zero-order valence-electron chi connectivity index (χ0n) is 15.2. The maximum absolute atomic E-state index is 12.0. The van der Waals surface area contributed by atoms with Crippen LogP contribution in [0.4, 0.5) is 0 Å². The molecule has 0 saturated heterocycles. The van der Waals surface area contributed by atoms with Gasteiger partial charge in [0.05, 0.1) is 26.5 Å². The maximum atomic E-state index is 12.0. The first-order chi connectivity index (χ1) is 13.7. The molecule has 9 nitrogen and oxygen atoms in total. The Labute approximate surface area is 161 Å². The molecular formula is C19H17N5O4. The van der Waals surface area contributed by atoms with Crippen molar-refractivity contribution in [1.82, 2.24) is 20.4 Å². The molecule has 1 amide bonds. The molecule has 0 radical (unpaired) electrons. The highest BCUT2D eigenvalue weighted by Gasteiger charge is 2.10. The first-order valence-corrected chi connectivity index (χ1v) is 8.18. The van der Waals surface area contributed by atoms with E-state index in [0.717, 1.165) is 0 Å². The van der Waals surface area contributed by atoms with Gasteiger partial charge in [-0.3, -0.25) is 9.78 Å². The molecule has 0 spiro atoms. The number of hydrogen-bond donors (Lipinski definition) is 1. The number of rotatable bonds is 7. The van der Waals surface area contributed by atoms with Crippen LogP contribution in [0, 0.1) is 0 Å². The summed E-state index contributed by atoms with van der Waals surface area (Å²) in [5.74, 6) is 0.621. The van der Waals surface area contributed by atoms with Crippen LogP contribution in [0.3, 0.4) is 0 Å². The van der Waals surface area contributed by atoms with Crippen molar-refractivity contribution >= 4 is 12.1 Å². The molecule has 0 aliphatic heterocycles. The summed E-state index contributed by atoms with van der Waals surface area (Å²) in [5.41, 5.74) is 3.29. The van der Waals surface area contributed by atoms with E-state index in [9.17, 15) is 4.79 Å². The molecule has 9 heteroatoms. The minimum absolute atomic E-state index is 0.0505. The van der Waals surface area contributed by atoms with E-state index >= 15 is 0 Å². The lowest BCUT2D eigenvalue weighted by Crippen LogP contribution is -2.18. The molecule has 2 heterocycles. The summed E-state index contributed by atoms with van der Waals surface area (Å²) in [6.45, 7) is 0. The minimum atomic E-state index is -0.420. The smallest absolute Gasteiger partial charge is 0.328 e. The SMILES string of the molecule is COc1cc(OC)nc(Oc2ccccc2/C=N/NC(=O)c2ccccn2)n1. The fourth-order valence-corrected chi connectivity index (χ4v) is 2.13. The standard InChI is InChI=1S/C19H17N5O4/c1-26-16-11-17(27-2)23-19(22-16)28-15-9-4-3-7-13(15)12-21-24-18(25)14-8-5-6-10-20-14/h3-12H,1-2H3,(H,24,25)/b21-12+. The number of para-hydroxylation sites is 1. The van der Waals surface area contributed by atoms with Crippen molar-refractivity contribution in [3.8, 4) is 23.5 Å². The number of ether oxygens (including phenoxy) is 3. The van der Waals surface area contributed by atoms with Gasteiger partial charge in [0.1, 0.15) is 11.4 Å².